The van der Waals surface area contributed by atoms with Gasteiger partial charge in [0, 0.05) is 0 Å². The zero-order valence-electron chi connectivity index (χ0n) is 12.9. The lowest BCUT2D eigenvalue weighted by molar-refractivity contribution is 0.409. The third kappa shape index (κ3) is 6.34. The van der Waals surface area contributed by atoms with Gasteiger partial charge in [-0.15, -0.1) is 0 Å². The fourth-order valence-corrected chi connectivity index (χ4v) is 1.39. The van der Waals surface area contributed by atoms with Gasteiger partial charge in [-0.25, -0.2) is 0 Å². The van der Waals surface area contributed by atoms with Gasteiger partial charge in [-0.05, 0) is 29.7 Å². The topological polar surface area (TPSA) is 69.9 Å². The van der Waals surface area contributed by atoms with Gasteiger partial charge in [-0.1, -0.05) is 52.0 Å². The number of phenolic OH excluding ortho intramolecular Hbond substituents is 1. The van der Waals surface area contributed by atoms with E-state index in [1.54, 1.807) is 24.3 Å². The summed E-state index contributed by atoms with van der Waals surface area (Å²) in [6, 6.07) is 13.1. The Balaban J connectivity index is 0.000000921. The van der Waals surface area contributed by atoms with E-state index < -0.39 is 7.12 Å². The second-order valence-corrected chi connectivity index (χ2v) is 3.52. The Kier molecular flexibility index (Phi) is 9.76. The molecule has 3 N–H and O–H groups in total. The Bertz CT molecular complexity index is 501. The predicted molar refractivity (Wildman–Crippen MR) is 87.1 cm³/mol. The number of hydrogen-bond donors (Lipinski definition) is 3. The molecule has 4 nitrogen and oxygen atoms in total. The summed E-state index contributed by atoms with van der Waals surface area (Å²) >= 11 is 0. The Morgan fingerprint density at radius 1 is 0.857 bits per heavy atom. The molecular formula is C16H23BO4. The van der Waals surface area contributed by atoms with E-state index in [1.165, 1.54) is 18.2 Å². The van der Waals surface area contributed by atoms with Crippen molar-refractivity contribution in [2.75, 3.05) is 0 Å². The van der Waals surface area contributed by atoms with Crippen molar-refractivity contribution in [1.82, 2.24) is 0 Å². The smallest absolute Gasteiger partial charge is 0.488 e. The molecule has 0 atom stereocenters. The van der Waals surface area contributed by atoms with Crippen LogP contribution in [0.2, 0.25) is 0 Å². The van der Waals surface area contributed by atoms with Crippen LogP contribution in [-0.4, -0.2) is 22.3 Å². The van der Waals surface area contributed by atoms with Crippen LogP contribution in [0.5, 0.6) is 17.2 Å². The minimum atomic E-state index is -1.59. The molecule has 0 fully saturated rings. The maximum absolute atomic E-state index is 9.59. The molecule has 5 heteroatoms. The van der Waals surface area contributed by atoms with Crippen molar-refractivity contribution in [1.29, 1.82) is 0 Å². The summed E-state index contributed by atoms with van der Waals surface area (Å²) < 4.78 is 5.43. The van der Waals surface area contributed by atoms with Crippen molar-refractivity contribution in [3.63, 3.8) is 0 Å². The zero-order chi connectivity index (χ0) is 16.3. The first kappa shape index (κ1) is 19.0. The van der Waals surface area contributed by atoms with E-state index in [0.717, 1.165) is 0 Å². The minimum absolute atomic E-state index is 0.0572. The zero-order valence-corrected chi connectivity index (χ0v) is 12.9. The minimum Gasteiger partial charge on any atom is -0.504 e. The molecule has 2 rings (SSSR count). The number of aromatic hydroxyl groups is 1. The second kappa shape index (κ2) is 10.8. The van der Waals surface area contributed by atoms with Crippen LogP contribution < -0.4 is 10.2 Å². The van der Waals surface area contributed by atoms with Crippen molar-refractivity contribution < 1.29 is 19.9 Å². The number of ether oxygens (including phenoxy) is 1. The summed E-state index contributed by atoms with van der Waals surface area (Å²) in [5.41, 5.74) is 0.258. The Morgan fingerprint density at radius 3 is 1.95 bits per heavy atom. The summed E-state index contributed by atoms with van der Waals surface area (Å²) in [6.45, 7) is 8.00. The Morgan fingerprint density at radius 2 is 1.43 bits per heavy atom. The SMILES string of the molecule is CC.CC.OB(O)c1ccc(O)c(Oc2ccccc2)c1. The molecule has 0 bridgehead atoms. The number of hydrogen-bond acceptors (Lipinski definition) is 4. The van der Waals surface area contributed by atoms with Crippen LogP contribution in [0.15, 0.2) is 48.5 Å². The van der Waals surface area contributed by atoms with Gasteiger partial charge < -0.3 is 19.9 Å². The standard InChI is InChI=1S/C12H11BO4.2C2H6/c14-11-7-6-9(13(15)16)8-12(11)17-10-4-2-1-3-5-10;2*1-2/h1-8,14-16H;2*1-2H3. The molecule has 2 aromatic carbocycles. The van der Waals surface area contributed by atoms with Crippen molar-refractivity contribution in [3.8, 4) is 17.2 Å². The highest BCUT2D eigenvalue weighted by Crippen LogP contribution is 2.28. The van der Waals surface area contributed by atoms with Gasteiger partial charge in [-0.2, -0.15) is 0 Å². The van der Waals surface area contributed by atoms with E-state index in [4.69, 9.17) is 14.8 Å². The van der Waals surface area contributed by atoms with Crippen LogP contribution in [-0.2, 0) is 0 Å². The first-order chi connectivity index (χ1) is 10.2. The highest BCUT2D eigenvalue weighted by Gasteiger charge is 2.14. The molecule has 0 saturated heterocycles. The molecule has 2 aromatic rings. The van der Waals surface area contributed by atoms with Gasteiger partial charge >= 0.3 is 7.12 Å². The lowest BCUT2D eigenvalue weighted by Gasteiger charge is -2.09. The van der Waals surface area contributed by atoms with E-state index in [2.05, 4.69) is 0 Å². The van der Waals surface area contributed by atoms with Crippen LogP contribution in [0.1, 0.15) is 27.7 Å². The van der Waals surface area contributed by atoms with Gasteiger partial charge in [0.15, 0.2) is 11.5 Å². The number of phenols is 1. The van der Waals surface area contributed by atoms with Gasteiger partial charge in [0.25, 0.3) is 0 Å². The molecule has 0 saturated carbocycles. The molecular weight excluding hydrogens is 267 g/mol. The van der Waals surface area contributed by atoms with E-state index in [9.17, 15) is 5.11 Å². The third-order valence-corrected chi connectivity index (χ3v) is 2.25. The van der Waals surface area contributed by atoms with E-state index in [1.807, 2.05) is 33.8 Å². The molecule has 0 spiro atoms. The van der Waals surface area contributed by atoms with Crippen LogP contribution >= 0.6 is 0 Å². The molecule has 0 aromatic heterocycles. The molecule has 0 aliphatic heterocycles. The quantitative estimate of drug-likeness (QED) is 0.760. The van der Waals surface area contributed by atoms with Crippen molar-refractivity contribution in [2.24, 2.45) is 0 Å². The first-order valence-corrected chi connectivity index (χ1v) is 7.09. The monoisotopic (exact) mass is 290 g/mol. The summed E-state index contributed by atoms with van der Waals surface area (Å²) in [4.78, 5) is 0. The summed E-state index contributed by atoms with van der Waals surface area (Å²) in [7, 11) is -1.59. The summed E-state index contributed by atoms with van der Waals surface area (Å²) in [5.74, 6) is 0.687. The van der Waals surface area contributed by atoms with Gasteiger partial charge in [0.1, 0.15) is 5.75 Å². The van der Waals surface area contributed by atoms with Crippen molar-refractivity contribution >= 4 is 12.6 Å². The Hall–Kier alpha value is -1.98. The molecule has 0 unspecified atom stereocenters. The lowest BCUT2D eigenvalue weighted by Crippen LogP contribution is -2.29. The average Bonchev–Trinajstić information content (AvgIpc) is 2.54. The largest absolute Gasteiger partial charge is 0.504 e. The van der Waals surface area contributed by atoms with Crippen LogP contribution in [0.25, 0.3) is 0 Å². The van der Waals surface area contributed by atoms with Gasteiger partial charge in [0.2, 0.25) is 0 Å². The maximum atomic E-state index is 9.59. The van der Waals surface area contributed by atoms with Gasteiger partial charge in [-0.3, -0.25) is 0 Å². The lowest BCUT2D eigenvalue weighted by atomic mass is 9.80. The molecule has 0 amide bonds. The highest BCUT2D eigenvalue weighted by molar-refractivity contribution is 6.58. The van der Waals surface area contributed by atoms with Crippen LogP contribution in [0.3, 0.4) is 0 Å². The molecule has 21 heavy (non-hydrogen) atoms. The molecule has 0 radical (unpaired) electrons. The first-order valence-electron chi connectivity index (χ1n) is 7.09. The van der Waals surface area contributed by atoms with E-state index >= 15 is 0 Å². The molecule has 0 aliphatic rings. The van der Waals surface area contributed by atoms with E-state index in [0.29, 0.717) is 5.75 Å². The fourth-order valence-electron chi connectivity index (χ4n) is 1.39. The number of para-hydroxylation sites is 1. The van der Waals surface area contributed by atoms with Crippen LogP contribution in [0.4, 0.5) is 0 Å². The second-order valence-electron chi connectivity index (χ2n) is 3.52. The molecule has 0 aliphatic carbocycles. The summed E-state index contributed by atoms with van der Waals surface area (Å²) in [6.07, 6.45) is 0. The van der Waals surface area contributed by atoms with Crippen molar-refractivity contribution in [2.45, 2.75) is 27.7 Å². The summed E-state index contributed by atoms with van der Waals surface area (Å²) in [5, 5.41) is 27.6. The third-order valence-electron chi connectivity index (χ3n) is 2.25. The maximum Gasteiger partial charge on any atom is 0.488 e. The highest BCUT2D eigenvalue weighted by atomic mass is 16.5. The van der Waals surface area contributed by atoms with Crippen molar-refractivity contribution in [3.05, 3.63) is 48.5 Å². The van der Waals surface area contributed by atoms with E-state index in [-0.39, 0.29) is 17.0 Å². The molecule has 0 heterocycles. The normalized spacial score (nSPS) is 8.67. The number of benzene rings is 2. The van der Waals surface area contributed by atoms with Crippen LogP contribution in [0, 0.1) is 0 Å². The number of rotatable bonds is 3. The molecule has 114 valence electrons. The average molecular weight is 290 g/mol. The predicted octanol–water partition coefficient (Wildman–Crippen LogP) is 2.92. The Labute approximate surface area is 126 Å². The van der Waals surface area contributed by atoms with Gasteiger partial charge in [0.05, 0.1) is 0 Å². The fraction of sp³-hybridized carbons (Fsp3) is 0.250.